The molecule has 0 unspecified atom stereocenters. The normalized spacial score (nSPS) is 20.4. The fraction of sp³-hybridized carbons (Fsp3) is 0.700. The predicted octanol–water partition coefficient (Wildman–Crippen LogP) is -0.159. The van der Waals surface area contributed by atoms with Gasteiger partial charge in [-0.1, -0.05) is 0 Å². The number of rotatable bonds is 3. The molecule has 0 atom stereocenters. The predicted molar refractivity (Wildman–Crippen MR) is 64.0 cm³/mol. The van der Waals surface area contributed by atoms with Gasteiger partial charge in [0, 0.05) is 12.6 Å². The number of hydrogen-bond acceptors (Lipinski definition) is 4. The molecule has 96 valence electrons. The molecule has 1 aromatic heterocycles. The fourth-order valence-corrected chi connectivity index (χ4v) is 3.68. The van der Waals surface area contributed by atoms with E-state index in [9.17, 15) is 8.42 Å². The monoisotopic (exact) mass is 258 g/mol. The first-order chi connectivity index (χ1) is 7.93. The van der Waals surface area contributed by atoms with Crippen LogP contribution in [-0.2, 0) is 17.1 Å². The summed E-state index contributed by atoms with van der Waals surface area (Å²) < 4.78 is 28.5. The van der Waals surface area contributed by atoms with Gasteiger partial charge in [-0.3, -0.25) is 4.68 Å². The molecule has 1 aliphatic heterocycles. The van der Waals surface area contributed by atoms with E-state index in [0.29, 0.717) is 0 Å². The van der Waals surface area contributed by atoms with E-state index in [1.807, 2.05) is 6.92 Å². The minimum Gasteiger partial charge on any atom is -0.317 e. The van der Waals surface area contributed by atoms with Crippen molar-refractivity contribution in [1.82, 2.24) is 19.8 Å². The zero-order chi connectivity index (χ0) is 12.5. The molecule has 2 N–H and O–H groups in total. The van der Waals surface area contributed by atoms with Crippen LogP contribution >= 0.6 is 0 Å². The molecule has 7 heteroatoms. The molecule has 0 radical (unpaired) electrons. The van der Waals surface area contributed by atoms with Crippen molar-refractivity contribution in [3.8, 4) is 0 Å². The minimum absolute atomic E-state index is 0.206. The summed E-state index contributed by atoms with van der Waals surface area (Å²) in [6.07, 6.45) is 3.08. The third-order valence-corrected chi connectivity index (χ3v) is 4.85. The Morgan fingerprint density at radius 1 is 1.47 bits per heavy atom. The molecular weight excluding hydrogens is 240 g/mol. The summed E-state index contributed by atoms with van der Waals surface area (Å²) in [6.45, 7) is 3.62. The van der Waals surface area contributed by atoms with Crippen LogP contribution in [0.25, 0.3) is 0 Å². The lowest BCUT2D eigenvalue weighted by Gasteiger charge is -2.34. The first-order valence-electron chi connectivity index (χ1n) is 5.66. The number of aryl methyl sites for hydroxylation is 1. The van der Waals surface area contributed by atoms with Crippen molar-refractivity contribution in [2.75, 3.05) is 13.1 Å². The van der Waals surface area contributed by atoms with Crippen LogP contribution in [0.4, 0.5) is 0 Å². The lowest BCUT2D eigenvalue weighted by molar-refractivity contribution is 0.307. The number of hydrogen-bond donors (Lipinski definition) is 2. The van der Waals surface area contributed by atoms with Gasteiger partial charge in [0.05, 0.1) is 6.20 Å². The Kier molecular flexibility index (Phi) is 3.24. The van der Waals surface area contributed by atoms with Crippen molar-refractivity contribution >= 4 is 10.0 Å². The molecule has 0 aromatic carbocycles. The molecule has 2 rings (SSSR count). The van der Waals surface area contributed by atoms with Gasteiger partial charge in [-0.2, -0.15) is 5.10 Å². The zero-order valence-corrected chi connectivity index (χ0v) is 10.9. The highest BCUT2D eigenvalue weighted by molar-refractivity contribution is 7.89. The molecule has 0 amide bonds. The van der Waals surface area contributed by atoms with Crippen molar-refractivity contribution in [1.29, 1.82) is 0 Å². The van der Waals surface area contributed by atoms with Crippen LogP contribution < -0.4 is 10.0 Å². The number of nitrogens with one attached hydrogen (secondary N) is 2. The maximum absolute atomic E-state index is 12.2. The van der Waals surface area contributed by atoms with E-state index >= 15 is 0 Å². The number of nitrogens with zero attached hydrogens (tertiary/aromatic N) is 2. The number of aromatic nitrogens is 2. The molecule has 1 saturated heterocycles. The molecular formula is C10H18N4O2S. The van der Waals surface area contributed by atoms with Crippen molar-refractivity contribution in [3.05, 3.63) is 12.3 Å². The Hall–Kier alpha value is -0.920. The summed E-state index contributed by atoms with van der Waals surface area (Å²) in [7, 11) is -1.86. The van der Waals surface area contributed by atoms with Crippen molar-refractivity contribution < 1.29 is 8.42 Å². The van der Waals surface area contributed by atoms with Crippen molar-refractivity contribution in [3.63, 3.8) is 0 Å². The van der Waals surface area contributed by atoms with Crippen molar-refractivity contribution in [2.24, 2.45) is 7.05 Å². The number of sulfonamides is 1. The Bertz CT molecular complexity index is 488. The topological polar surface area (TPSA) is 76.0 Å². The summed E-state index contributed by atoms with van der Waals surface area (Å²) in [5.41, 5.74) is -0.367. The van der Waals surface area contributed by atoms with E-state index in [1.54, 1.807) is 7.05 Å². The van der Waals surface area contributed by atoms with E-state index in [-0.39, 0.29) is 10.6 Å². The zero-order valence-electron chi connectivity index (χ0n) is 10.1. The van der Waals surface area contributed by atoms with Crippen LogP contribution in [0.15, 0.2) is 17.3 Å². The molecule has 1 aliphatic rings. The third kappa shape index (κ3) is 2.67. The Morgan fingerprint density at radius 3 is 2.65 bits per heavy atom. The second-order valence-electron chi connectivity index (χ2n) is 4.71. The van der Waals surface area contributed by atoms with Gasteiger partial charge in [0.2, 0.25) is 0 Å². The van der Waals surface area contributed by atoms with Gasteiger partial charge in [-0.25, -0.2) is 13.1 Å². The SMILES string of the molecule is Cn1nccc1S(=O)(=O)NC1(C)CCNCC1. The van der Waals surface area contributed by atoms with Crippen LogP contribution in [-0.4, -0.2) is 36.8 Å². The van der Waals surface area contributed by atoms with Gasteiger partial charge >= 0.3 is 0 Å². The first-order valence-corrected chi connectivity index (χ1v) is 7.14. The molecule has 6 nitrogen and oxygen atoms in total. The lowest BCUT2D eigenvalue weighted by Crippen LogP contribution is -2.52. The standard InChI is InChI=1S/C10H18N4O2S/c1-10(4-7-11-8-5-10)13-17(15,16)9-3-6-12-14(9)2/h3,6,11,13H,4-5,7-8H2,1-2H3. The van der Waals surface area contributed by atoms with Crippen molar-refractivity contribution in [2.45, 2.75) is 30.3 Å². The average molecular weight is 258 g/mol. The van der Waals surface area contributed by atoms with E-state index in [4.69, 9.17) is 0 Å². The van der Waals surface area contributed by atoms with Gasteiger partial charge in [-0.05, 0) is 38.9 Å². The maximum atomic E-state index is 12.2. The smallest absolute Gasteiger partial charge is 0.258 e. The lowest BCUT2D eigenvalue weighted by atomic mass is 9.92. The molecule has 1 fully saturated rings. The summed E-state index contributed by atoms with van der Waals surface area (Å²) in [4.78, 5) is 0. The summed E-state index contributed by atoms with van der Waals surface area (Å²) >= 11 is 0. The largest absolute Gasteiger partial charge is 0.317 e. The average Bonchev–Trinajstić information content (AvgIpc) is 2.64. The van der Waals surface area contributed by atoms with Crippen LogP contribution in [0, 0.1) is 0 Å². The van der Waals surface area contributed by atoms with E-state index in [2.05, 4.69) is 15.1 Å². The Balaban J connectivity index is 2.20. The molecule has 0 bridgehead atoms. The summed E-state index contributed by atoms with van der Waals surface area (Å²) in [6, 6.07) is 1.51. The highest BCUT2D eigenvalue weighted by atomic mass is 32.2. The van der Waals surface area contributed by atoms with E-state index in [1.165, 1.54) is 16.9 Å². The van der Waals surface area contributed by atoms with E-state index < -0.39 is 10.0 Å². The minimum atomic E-state index is -3.48. The van der Waals surface area contributed by atoms with Gasteiger partial charge < -0.3 is 5.32 Å². The summed E-state index contributed by atoms with van der Waals surface area (Å²) in [5.74, 6) is 0. The highest BCUT2D eigenvalue weighted by Gasteiger charge is 2.33. The van der Waals surface area contributed by atoms with Gasteiger partial charge in [-0.15, -0.1) is 0 Å². The molecule has 17 heavy (non-hydrogen) atoms. The van der Waals surface area contributed by atoms with Gasteiger partial charge in [0.1, 0.15) is 0 Å². The Labute approximate surface area is 101 Å². The van der Waals surface area contributed by atoms with E-state index in [0.717, 1.165) is 25.9 Å². The van der Waals surface area contributed by atoms with Crippen LogP contribution in [0.2, 0.25) is 0 Å². The second-order valence-corrected chi connectivity index (χ2v) is 6.34. The highest BCUT2D eigenvalue weighted by Crippen LogP contribution is 2.20. The summed E-state index contributed by atoms with van der Waals surface area (Å²) in [5, 5.41) is 7.31. The third-order valence-electron chi connectivity index (χ3n) is 3.14. The molecule has 0 saturated carbocycles. The maximum Gasteiger partial charge on any atom is 0.258 e. The molecule has 2 heterocycles. The van der Waals surface area contributed by atoms with Gasteiger partial charge in [0.15, 0.2) is 5.03 Å². The second kappa shape index (κ2) is 4.40. The molecule has 0 spiro atoms. The molecule has 1 aromatic rings. The van der Waals surface area contributed by atoms with Crippen LogP contribution in [0.5, 0.6) is 0 Å². The van der Waals surface area contributed by atoms with Gasteiger partial charge in [0.25, 0.3) is 10.0 Å². The number of piperidine rings is 1. The molecule has 0 aliphatic carbocycles. The quantitative estimate of drug-likeness (QED) is 0.790. The first kappa shape index (κ1) is 12.5. The van der Waals surface area contributed by atoms with Crippen LogP contribution in [0.1, 0.15) is 19.8 Å². The fourth-order valence-electron chi connectivity index (χ4n) is 2.08. The Morgan fingerprint density at radius 2 is 2.12 bits per heavy atom. The van der Waals surface area contributed by atoms with Crippen LogP contribution in [0.3, 0.4) is 0 Å².